The third-order valence-electron chi connectivity index (χ3n) is 2.73. The van der Waals surface area contributed by atoms with Gasteiger partial charge >= 0.3 is 0 Å². The minimum absolute atomic E-state index is 0.0272. The number of nitrogens with one attached hydrogen (secondary N) is 1. The topological polar surface area (TPSA) is 21.3 Å². The first-order valence-corrected chi connectivity index (χ1v) is 6.74. The van der Waals surface area contributed by atoms with E-state index in [0.717, 1.165) is 22.7 Å². The molecule has 0 aliphatic heterocycles. The number of methoxy groups -OCH3 is 1. The first kappa shape index (κ1) is 13.1. The second-order valence-corrected chi connectivity index (χ2v) is 4.85. The predicted molar refractivity (Wildman–Crippen MR) is 72.8 cm³/mol. The van der Waals surface area contributed by atoms with Crippen LogP contribution >= 0.6 is 11.3 Å². The molecule has 1 atom stereocenters. The van der Waals surface area contributed by atoms with E-state index in [0.29, 0.717) is 0 Å². The average Bonchev–Trinajstić information content (AvgIpc) is 2.84. The van der Waals surface area contributed by atoms with Crippen LogP contribution in [-0.2, 0) is 0 Å². The molecule has 0 aliphatic rings. The Bertz CT molecular complexity index is 512. The number of rotatable bonds is 5. The molecule has 0 saturated carbocycles. The van der Waals surface area contributed by atoms with Crippen LogP contribution in [0.5, 0.6) is 5.75 Å². The lowest BCUT2D eigenvalue weighted by Gasteiger charge is -2.18. The molecule has 0 radical (unpaired) electrons. The van der Waals surface area contributed by atoms with E-state index >= 15 is 0 Å². The lowest BCUT2D eigenvalue weighted by atomic mass is 10.0. The van der Waals surface area contributed by atoms with Crippen LogP contribution in [0.1, 0.15) is 23.4 Å². The Hall–Kier alpha value is -1.39. The number of hydrogen-bond donors (Lipinski definition) is 1. The Morgan fingerprint density at radius 2 is 2.22 bits per heavy atom. The van der Waals surface area contributed by atoms with Crippen LogP contribution in [-0.4, -0.2) is 13.7 Å². The number of ether oxygens (including phenoxy) is 1. The predicted octanol–water partition coefficient (Wildman–Crippen LogP) is 3.59. The molecule has 4 heteroatoms. The van der Waals surface area contributed by atoms with Gasteiger partial charge in [-0.25, -0.2) is 4.39 Å². The van der Waals surface area contributed by atoms with E-state index in [1.54, 1.807) is 30.6 Å². The maximum atomic E-state index is 13.3. The Labute approximate surface area is 110 Å². The van der Waals surface area contributed by atoms with E-state index in [1.807, 2.05) is 24.4 Å². The summed E-state index contributed by atoms with van der Waals surface area (Å²) in [6, 6.07) is 8.58. The van der Waals surface area contributed by atoms with Gasteiger partial charge in [0, 0.05) is 0 Å². The Balaban J connectivity index is 2.39. The minimum Gasteiger partial charge on any atom is -0.496 e. The molecule has 1 heterocycles. The summed E-state index contributed by atoms with van der Waals surface area (Å²) in [5.41, 5.74) is 0.914. The number of halogens is 1. The maximum absolute atomic E-state index is 13.3. The molecule has 2 rings (SSSR count). The molecule has 0 spiro atoms. The van der Waals surface area contributed by atoms with E-state index in [-0.39, 0.29) is 11.9 Å². The van der Waals surface area contributed by atoms with Gasteiger partial charge in [0.25, 0.3) is 0 Å². The molecule has 1 aromatic heterocycles. The zero-order valence-corrected chi connectivity index (χ0v) is 11.3. The lowest BCUT2D eigenvalue weighted by Crippen LogP contribution is -2.21. The van der Waals surface area contributed by atoms with Crippen molar-refractivity contribution >= 4 is 11.3 Å². The molecular weight excluding hydrogens is 249 g/mol. The van der Waals surface area contributed by atoms with Gasteiger partial charge < -0.3 is 10.1 Å². The van der Waals surface area contributed by atoms with Gasteiger partial charge in [0.1, 0.15) is 11.6 Å². The molecule has 1 unspecified atom stereocenters. The van der Waals surface area contributed by atoms with Crippen molar-refractivity contribution in [1.82, 2.24) is 5.32 Å². The number of thiophene rings is 1. The largest absolute Gasteiger partial charge is 0.496 e. The highest BCUT2D eigenvalue weighted by atomic mass is 32.1. The summed E-state index contributed by atoms with van der Waals surface area (Å²) in [6.45, 7) is 2.84. The van der Waals surface area contributed by atoms with Crippen LogP contribution in [0.3, 0.4) is 0 Å². The van der Waals surface area contributed by atoms with E-state index in [2.05, 4.69) is 5.32 Å². The van der Waals surface area contributed by atoms with Crippen molar-refractivity contribution in [2.75, 3.05) is 13.7 Å². The van der Waals surface area contributed by atoms with Gasteiger partial charge in [0.2, 0.25) is 0 Å². The van der Waals surface area contributed by atoms with E-state index in [9.17, 15) is 4.39 Å². The Morgan fingerprint density at radius 3 is 2.89 bits per heavy atom. The third-order valence-corrected chi connectivity index (χ3v) is 3.69. The van der Waals surface area contributed by atoms with Gasteiger partial charge in [-0.05, 0) is 35.7 Å². The minimum atomic E-state index is -0.217. The van der Waals surface area contributed by atoms with Gasteiger partial charge in [-0.3, -0.25) is 0 Å². The summed E-state index contributed by atoms with van der Waals surface area (Å²) in [5, 5.41) is 5.35. The fraction of sp³-hybridized carbons (Fsp3) is 0.286. The summed E-state index contributed by atoms with van der Waals surface area (Å²) in [4.78, 5) is 1.07. The highest BCUT2D eigenvalue weighted by molar-refractivity contribution is 7.10. The molecule has 0 bridgehead atoms. The van der Waals surface area contributed by atoms with E-state index < -0.39 is 0 Å². The smallest absolute Gasteiger partial charge is 0.134 e. The van der Waals surface area contributed by atoms with Gasteiger partial charge in [0.05, 0.1) is 18.0 Å². The summed E-state index contributed by atoms with van der Waals surface area (Å²) in [6.07, 6.45) is 0. The normalized spacial score (nSPS) is 12.4. The number of benzene rings is 1. The molecule has 0 aliphatic carbocycles. The van der Waals surface area contributed by atoms with Crippen molar-refractivity contribution < 1.29 is 9.13 Å². The van der Waals surface area contributed by atoms with Crippen molar-refractivity contribution in [2.24, 2.45) is 0 Å². The maximum Gasteiger partial charge on any atom is 0.134 e. The van der Waals surface area contributed by atoms with Crippen LogP contribution in [0, 0.1) is 5.82 Å². The van der Waals surface area contributed by atoms with Crippen LogP contribution in [0.15, 0.2) is 35.7 Å². The zero-order valence-electron chi connectivity index (χ0n) is 10.4. The molecule has 96 valence electrons. The standard InChI is InChI=1S/C14H16FNOS/c1-3-16-13(10-5-4-6-11(15)9-10)14-12(17-2)7-8-18-14/h4-9,13,16H,3H2,1-2H3. The molecule has 0 amide bonds. The lowest BCUT2D eigenvalue weighted by molar-refractivity contribution is 0.407. The second-order valence-electron chi connectivity index (χ2n) is 3.90. The van der Waals surface area contributed by atoms with Crippen LogP contribution < -0.4 is 10.1 Å². The highest BCUT2D eigenvalue weighted by Gasteiger charge is 2.19. The Morgan fingerprint density at radius 1 is 1.39 bits per heavy atom. The molecule has 0 saturated heterocycles. The molecule has 1 N–H and O–H groups in total. The zero-order chi connectivity index (χ0) is 13.0. The number of hydrogen-bond acceptors (Lipinski definition) is 3. The molecule has 2 aromatic rings. The first-order chi connectivity index (χ1) is 8.76. The molecule has 0 fully saturated rings. The molecule has 1 aromatic carbocycles. The quantitative estimate of drug-likeness (QED) is 0.892. The van der Waals surface area contributed by atoms with Crippen molar-refractivity contribution in [2.45, 2.75) is 13.0 Å². The molecule has 2 nitrogen and oxygen atoms in total. The summed E-state index contributed by atoms with van der Waals surface area (Å²) < 4.78 is 18.7. The van der Waals surface area contributed by atoms with Gasteiger partial charge in [-0.2, -0.15) is 0 Å². The van der Waals surface area contributed by atoms with E-state index in [4.69, 9.17) is 4.74 Å². The second kappa shape index (κ2) is 5.98. The van der Waals surface area contributed by atoms with Gasteiger partial charge in [-0.15, -0.1) is 11.3 Å². The summed E-state index contributed by atoms with van der Waals surface area (Å²) >= 11 is 1.61. The Kier molecular flexibility index (Phi) is 4.33. The van der Waals surface area contributed by atoms with Crippen molar-refractivity contribution in [3.8, 4) is 5.75 Å². The molecule has 18 heavy (non-hydrogen) atoms. The van der Waals surface area contributed by atoms with Crippen LogP contribution in [0.2, 0.25) is 0 Å². The highest BCUT2D eigenvalue weighted by Crippen LogP contribution is 2.34. The summed E-state index contributed by atoms with van der Waals surface area (Å²) in [7, 11) is 1.65. The van der Waals surface area contributed by atoms with E-state index in [1.165, 1.54) is 6.07 Å². The third kappa shape index (κ3) is 2.71. The van der Waals surface area contributed by atoms with Crippen LogP contribution in [0.4, 0.5) is 4.39 Å². The monoisotopic (exact) mass is 265 g/mol. The molecular formula is C14H16FNOS. The van der Waals surface area contributed by atoms with Gasteiger partial charge in [0.15, 0.2) is 0 Å². The van der Waals surface area contributed by atoms with Gasteiger partial charge in [-0.1, -0.05) is 19.1 Å². The fourth-order valence-corrected chi connectivity index (χ4v) is 2.90. The van der Waals surface area contributed by atoms with Crippen molar-refractivity contribution in [3.63, 3.8) is 0 Å². The fourth-order valence-electron chi connectivity index (χ4n) is 1.94. The van der Waals surface area contributed by atoms with Crippen molar-refractivity contribution in [3.05, 3.63) is 52.0 Å². The first-order valence-electron chi connectivity index (χ1n) is 5.86. The van der Waals surface area contributed by atoms with Crippen LogP contribution in [0.25, 0.3) is 0 Å². The van der Waals surface area contributed by atoms with Crippen molar-refractivity contribution in [1.29, 1.82) is 0 Å². The average molecular weight is 265 g/mol. The summed E-state index contributed by atoms with van der Waals surface area (Å²) in [5.74, 6) is 0.626. The SMILES string of the molecule is CCNC(c1cccc(F)c1)c1sccc1OC.